The summed E-state index contributed by atoms with van der Waals surface area (Å²) in [6.07, 6.45) is -5.13. The molecule has 17 heteroatoms. The van der Waals surface area contributed by atoms with Crippen molar-refractivity contribution in [3.63, 3.8) is 0 Å². The summed E-state index contributed by atoms with van der Waals surface area (Å²) >= 11 is 0. The minimum atomic E-state index is -1.24. The maximum Gasteiger partial charge on any atom is 0.408 e. The Balaban J connectivity index is 1.51. The van der Waals surface area contributed by atoms with Crippen LogP contribution < -0.4 is 5.32 Å². The van der Waals surface area contributed by atoms with Gasteiger partial charge in [-0.1, -0.05) is 30.3 Å². The molecule has 0 bridgehead atoms. The molecular weight excluding hydrogens is 578 g/mol. The lowest BCUT2D eigenvalue weighted by Crippen LogP contribution is -2.47. The minimum Gasteiger partial charge on any atom is -0.457 e. The number of carbonyl (C=O) groups is 3. The molecule has 0 saturated carbocycles. The van der Waals surface area contributed by atoms with Crippen LogP contribution in [0.15, 0.2) is 30.3 Å². The van der Waals surface area contributed by atoms with Crippen molar-refractivity contribution >= 4 is 18.0 Å². The van der Waals surface area contributed by atoms with Gasteiger partial charge in [0, 0.05) is 12.8 Å². The summed E-state index contributed by atoms with van der Waals surface area (Å²) in [4.78, 5) is 67.4. The van der Waals surface area contributed by atoms with Gasteiger partial charge in [0.05, 0.1) is 13.2 Å². The summed E-state index contributed by atoms with van der Waals surface area (Å²) in [6.45, 7) is 4.37. The van der Waals surface area contributed by atoms with Crippen LogP contribution in [-0.2, 0) is 49.4 Å². The van der Waals surface area contributed by atoms with Crippen molar-refractivity contribution in [3.05, 3.63) is 56.1 Å². The maximum absolute atomic E-state index is 13.2. The lowest BCUT2D eigenvalue weighted by Gasteiger charge is -2.24. The SMILES string of the molecule is CC(C)(C)OC(=O)N[C@@H](Cc1ccccc1)C(=O)O[C@@H]1CO[C@H]2[C@@H]1OC[C@H]2OC(=O)CCC[C@@H](CO[N+](=O)[O-])O[N+](=O)[O-]. The Labute approximate surface area is 246 Å². The molecule has 3 rings (SSSR count). The van der Waals surface area contributed by atoms with Crippen molar-refractivity contribution in [1.29, 1.82) is 0 Å². The van der Waals surface area contributed by atoms with Crippen molar-refractivity contribution in [2.45, 2.75) is 88.6 Å². The van der Waals surface area contributed by atoms with E-state index in [0.29, 0.717) is 0 Å². The quantitative estimate of drug-likeness (QED) is 0.129. The fraction of sp³-hybridized carbons (Fsp3) is 0.654. The van der Waals surface area contributed by atoms with Crippen LogP contribution in [0, 0.1) is 20.2 Å². The standard InChI is InChI=1S/C26H35N3O14/c1-26(2,3)42-25(32)27-18(12-16-8-5-4-6-9-16)24(31)41-20-15-38-22-19(14-37-23(20)22)40-21(30)11-7-10-17(43-29(35)36)13-39-28(33)34/h4-6,8-9,17-20,22-23H,7,10-15H2,1-3H3,(H,27,32)/t17-,18-,19+,20+,22+,23+/m0/s1. The van der Waals surface area contributed by atoms with Crippen molar-refractivity contribution in [2.24, 2.45) is 0 Å². The van der Waals surface area contributed by atoms with E-state index in [1.807, 2.05) is 6.07 Å². The molecule has 2 aliphatic rings. The summed E-state index contributed by atoms with van der Waals surface area (Å²) < 4.78 is 27.9. The molecule has 43 heavy (non-hydrogen) atoms. The van der Waals surface area contributed by atoms with Crippen molar-refractivity contribution in [2.75, 3.05) is 19.8 Å². The molecule has 2 fully saturated rings. The van der Waals surface area contributed by atoms with Gasteiger partial charge in [0.15, 0.2) is 12.2 Å². The number of carbonyl (C=O) groups excluding carboxylic acids is 3. The van der Waals surface area contributed by atoms with Gasteiger partial charge >= 0.3 is 18.0 Å². The highest BCUT2D eigenvalue weighted by Crippen LogP contribution is 2.31. The largest absolute Gasteiger partial charge is 0.457 e. The number of nitrogens with one attached hydrogen (secondary N) is 1. The molecule has 1 amide bonds. The lowest BCUT2D eigenvalue weighted by atomic mass is 10.1. The first-order valence-corrected chi connectivity index (χ1v) is 13.6. The Bertz CT molecular complexity index is 1130. The predicted octanol–water partition coefficient (Wildman–Crippen LogP) is 1.70. The van der Waals surface area contributed by atoms with Crippen LogP contribution in [-0.4, -0.2) is 90.2 Å². The van der Waals surface area contributed by atoms with Gasteiger partial charge in [-0.3, -0.25) is 4.79 Å². The molecular formula is C26H35N3O14. The number of nitrogens with zero attached hydrogens (tertiary/aromatic N) is 2. The van der Waals surface area contributed by atoms with Gasteiger partial charge in [0.1, 0.15) is 36.6 Å². The summed E-state index contributed by atoms with van der Waals surface area (Å²) in [5.74, 6) is -1.38. The minimum absolute atomic E-state index is 0.0253. The average Bonchev–Trinajstić information content (AvgIpc) is 3.49. The highest BCUT2D eigenvalue weighted by atomic mass is 17.0. The van der Waals surface area contributed by atoms with Gasteiger partial charge in [-0.2, -0.15) is 0 Å². The number of esters is 2. The molecule has 6 atom stereocenters. The zero-order valence-electron chi connectivity index (χ0n) is 23.9. The molecule has 0 radical (unpaired) electrons. The third kappa shape index (κ3) is 11.2. The number of hydrogen-bond donors (Lipinski definition) is 1. The average molecular weight is 614 g/mol. The van der Waals surface area contributed by atoms with E-state index in [4.69, 9.17) is 23.7 Å². The third-order valence-electron chi connectivity index (χ3n) is 6.28. The monoisotopic (exact) mass is 613 g/mol. The smallest absolute Gasteiger partial charge is 0.408 e. The first-order chi connectivity index (χ1) is 20.3. The van der Waals surface area contributed by atoms with E-state index in [0.717, 1.165) is 5.56 Å². The van der Waals surface area contributed by atoms with Gasteiger partial charge in [0.25, 0.3) is 10.2 Å². The Morgan fingerprint density at radius 3 is 2.21 bits per heavy atom. The normalized spacial score (nSPS) is 22.4. The van der Waals surface area contributed by atoms with Gasteiger partial charge in [-0.25, -0.2) is 9.59 Å². The number of hydrogen-bond acceptors (Lipinski definition) is 14. The summed E-state index contributed by atoms with van der Waals surface area (Å²) in [7, 11) is 0. The number of alkyl carbamates (subject to hydrolysis) is 1. The van der Waals surface area contributed by atoms with Crippen molar-refractivity contribution in [1.82, 2.24) is 5.32 Å². The molecule has 2 saturated heterocycles. The molecule has 1 N–H and O–H groups in total. The molecule has 1 aromatic carbocycles. The van der Waals surface area contributed by atoms with E-state index in [-0.39, 0.29) is 38.9 Å². The van der Waals surface area contributed by atoms with Crippen LogP contribution in [0.5, 0.6) is 0 Å². The summed E-state index contributed by atoms with van der Waals surface area (Å²) in [5.41, 5.74) is 0.00432. The van der Waals surface area contributed by atoms with Gasteiger partial charge in [0.2, 0.25) is 0 Å². The number of rotatable bonds is 15. The van der Waals surface area contributed by atoms with Crippen LogP contribution in [0.3, 0.4) is 0 Å². The molecule has 0 unspecified atom stereocenters. The van der Waals surface area contributed by atoms with E-state index in [2.05, 4.69) is 15.0 Å². The second-order valence-corrected chi connectivity index (χ2v) is 10.9. The second-order valence-electron chi connectivity index (χ2n) is 10.9. The highest BCUT2D eigenvalue weighted by Gasteiger charge is 2.51. The Kier molecular flexibility index (Phi) is 11.8. The topological polar surface area (TPSA) is 214 Å². The first kappa shape index (κ1) is 33.3. The Morgan fingerprint density at radius 1 is 1.00 bits per heavy atom. The lowest BCUT2D eigenvalue weighted by molar-refractivity contribution is -0.790. The number of amides is 1. The summed E-state index contributed by atoms with van der Waals surface area (Å²) in [5, 5.41) is 21.3. The van der Waals surface area contributed by atoms with Gasteiger partial charge in [-0.05, 0) is 39.2 Å². The predicted molar refractivity (Wildman–Crippen MR) is 141 cm³/mol. The number of ether oxygens (including phenoxy) is 5. The van der Waals surface area contributed by atoms with Crippen LogP contribution in [0.2, 0.25) is 0 Å². The first-order valence-electron chi connectivity index (χ1n) is 13.6. The van der Waals surface area contributed by atoms with Crippen molar-refractivity contribution < 1.29 is 57.9 Å². The highest BCUT2D eigenvalue weighted by molar-refractivity contribution is 5.82. The second kappa shape index (κ2) is 15.3. The number of fused-ring (bicyclic) bond motifs is 1. The van der Waals surface area contributed by atoms with Crippen molar-refractivity contribution in [3.8, 4) is 0 Å². The molecule has 17 nitrogen and oxygen atoms in total. The molecule has 2 heterocycles. The molecule has 1 aromatic rings. The van der Waals surface area contributed by atoms with E-state index < -0.39 is 77.0 Å². The van der Waals surface area contributed by atoms with Crippen LogP contribution in [0.25, 0.3) is 0 Å². The molecule has 238 valence electrons. The number of benzene rings is 1. The molecule has 0 aliphatic carbocycles. The van der Waals surface area contributed by atoms with E-state index in [9.17, 15) is 34.6 Å². The molecule has 0 aromatic heterocycles. The van der Waals surface area contributed by atoms with Crippen LogP contribution in [0.1, 0.15) is 45.6 Å². The Morgan fingerprint density at radius 2 is 1.63 bits per heavy atom. The fourth-order valence-corrected chi connectivity index (χ4v) is 4.49. The zero-order valence-corrected chi connectivity index (χ0v) is 23.9. The fourth-order valence-electron chi connectivity index (χ4n) is 4.49. The Hall–Kier alpha value is -4.25. The summed E-state index contributed by atoms with van der Waals surface area (Å²) in [6, 6.07) is 7.98. The molecule has 2 aliphatic heterocycles. The van der Waals surface area contributed by atoms with E-state index >= 15 is 0 Å². The zero-order chi connectivity index (χ0) is 31.6. The molecule has 0 spiro atoms. The van der Waals surface area contributed by atoms with Gasteiger partial charge in [-0.15, -0.1) is 20.2 Å². The van der Waals surface area contributed by atoms with E-state index in [1.54, 1.807) is 45.0 Å². The van der Waals surface area contributed by atoms with E-state index in [1.165, 1.54) is 0 Å². The van der Waals surface area contributed by atoms with Gasteiger partial charge < -0.3 is 38.7 Å². The van der Waals surface area contributed by atoms with Crippen LogP contribution in [0.4, 0.5) is 4.79 Å². The third-order valence-corrected chi connectivity index (χ3v) is 6.28. The van der Waals surface area contributed by atoms with Crippen LogP contribution >= 0.6 is 0 Å². The maximum atomic E-state index is 13.2.